The molecule has 0 spiro atoms. The normalized spacial score (nSPS) is 11.0. The van der Waals surface area contributed by atoms with E-state index in [0.29, 0.717) is 26.3 Å². The number of fused-ring (bicyclic) bond motifs is 1. The third-order valence-electron chi connectivity index (χ3n) is 4.43. The Labute approximate surface area is 182 Å². The number of benzene rings is 2. The molecule has 8 heteroatoms. The fraction of sp³-hybridized carbons (Fsp3) is 0.286. The predicted molar refractivity (Wildman–Crippen MR) is 118 cm³/mol. The lowest BCUT2D eigenvalue weighted by Gasteiger charge is -2.22. The summed E-state index contributed by atoms with van der Waals surface area (Å²) in [4.78, 5) is 29.8. The number of rotatable bonds is 8. The highest BCUT2D eigenvalue weighted by molar-refractivity contribution is 7.18. The number of carbonyl (C=O) groups is 2. The van der Waals surface area contributed by atoms with Crippen LogP contribution in [0, 0.1) is 0 Å². The van der Waals surface area contributed by atoms with E-state index < -0.39 is 5.97 Å². The van der Waals surface area contributed by atoms with E-state index in [0.717, 1.165) is 17.5 Å². The highest BCUT2D eigenvalue weighted by atomic mass is 35.5. The molecule has 0 bridgehead atoms. The van der Waals surface area contributed by atoms with Crippen LogP contribution in [0.15, 0.2) is 36.4 Å². The number of hydrogen-bond acceptors (Lipinski definition) is 4. The molecule has 0 saturated heterocycles. The molecule has 3 rings (SSSR count). The Balaban J connectivity index is 1.91. The molecule has 0 fully saturated rings. The Hall–Kier alpha value is -2.15. The van der Waals surface area contributed by atoms with Gasteiger partial charge in [0.05, 0.1) is 27.7 Å². The van der Waals surface area contributed by atoms with Gasteiger partial charge in [-0.2, -0.15) is 0 Å². The second kappa shape index (κ2) is 9.57. The van der Waals surface area contributed by atoms with Crippen LogP contribution in [0.3, 0.4) is 0 Å². The van der Waals surface area contributed by atoms with Gasteiger partial charge in [-0.15, -0.1) is 11.3 Å². The highest BCUT2D eigenvalue weighted by Crippen LogP contribution is 2.34. The molecule has 0 radical (unpaired) electrons. The number of amides is 1. The summed E-state index contributed by atoms with van der Waals surface area (Å²) in [7, 11) is 0. The summed E-state index contributed by atoms with van der Waals surface area (Å²) in [6.45, 7) is 2.35. The Morgan fingerprint density at radius 1 is 1.10 bits per heavy atom. The maximum Gasteiger partial charge on any atom is 0.303 e. The summed E-state index contributed by atoms with van der Waals surface area (Å²) < 4.78 is 0.880. The van der Waals surface area contributed by atoms with Gasteiger partial charge in [-0.25, -0.2) is 4.98 Å². The van der Waals surface area contributed by atoms with Crippen LogP contribution in [0.4, 0.5) is 5.69 Å². The summed E-state index contributed by atoms with van der Waals surface area (Å²) in [6, 6.07) is 11.3. The lowest BCUT2D eigenvalue weighted by Crippen LogP contribution is -2.30. The summed E-state index contributed by atoms with van der Waals surface area (Å²) in [5.74, 6) is -1.27. The molecule has 3 aromatic rings. The van der Waals surface area contributed by atoms with Gasteiger partial charge in [-0.1, -0.05) is 48.7 Å². The third kappa shape index (κ3) is 5.26. The van der Waals surface area contributed by atoms with Gasteiger partial charge in [0.1, 0.15) is 10.5 Å². The Kier molecular flexibility index (Phi) is 7.11. The molecule has 29 heavy (non-hydrogen) atoms. The van der Waals surface area contributed by atoms with Crippen LogP contribution in [0.1, 0.15) is 36.8 Å². The average Bonchev–Trinajstić information content (AvgIpc) is 3.12. The number of aliphatic carboxylic acids is 1. The maximum absolute atomic E-state index is 12.8. The molecule has 1 heterocycles. The van der Waals surface area contributed by atoms with Crippen LogP contribution in [0.2, 0.25) is 10.0 Å². The summed E-state index contributed by atoms with van der Waals surface area (Å²) in [5.41, 5.74) is 2.51. The van der Waals surface area contributed by atoms with E-state index in [1.807, 2.05) is 30.3 Å². The van der Waals surface area contributed by atoms with E-state index in [9.17, 15) is 9.59 Å². The largest absolute Gasteiger partial charge is 0.481 e. The minimum absolute atomic E-state index is 0.0798. The molecule has 0 aliphatic carbocycles. The van der Waals surface area contributed by atoms with E-state index >= 15 is 0 Å². The van der Waals surface area contributed by atoms with E-state index in [-0.39, 0.29) is 25.3 Å². The number of hydrogen-bond donors (Lipinski definition) is 1. The van der Waals surface area contributed by atoms with Crippen LogP contribution in [0.25, 0.3) is 10.2 Å². The molecular weight excluding hydrogens is 431 g/mol. The van der Waals surface area contributed by atoms with Gasteiger partial charge >= 0.3 is 5.97 Å². The summed E-state index contributed by atoms with van der Waals surface area (Å²) >= 11 is 13.8. The number of aryl methyl sites for hydroxylation is 1. The maximum atomic E-state index is 12.8. The number of halogens is 2. The molecular formula is C21H20Cl2N2O3S. The summed E-state index contributed by atoms with van der Waals surface area (Å²) in [5, 5.41) is 10.5. The van der Waals surface area contributed by atoms with Crippen LogP contribution in [-0.2, 0) is 22.6 Å². The van der Waals surface area contributed by atoms with Crippen LogP contribution >= 0.6 is 34.5 Å². The van der Waals surface area contributed by atoms with Crippen molar-refractivity contribution in [1.29, 1.82) is 0 Å². The molecule has 1 aromatic heterocycles. The second-order valence-corrected chi connectivity index (χ2v) is 8.51. The fourth-order valence-corrected chi connectivity index (χ4v) is 4.37. The molecule has 0 unspecified atom stereocenters. The number of aromatic nitrogens is 1. The van der Waals surface area contributed by atoms with Crippen molar-refractivity contribution >= 4 is 62.3 Å². The van der Waals surface area contributed by atoms with Crippen molar-refractivity contribution in [2.24, 2.45) is 0 Å². The topological polar surface area (TPSA) is 70.5 Å². The first-order valence-corrected chi connectivity index (χ1v) is 10.8. The first kappa shape index (κ1) is 21.6. The Morgan fingerprint density at radius 3 is 2.48 bits per heavy atom. The van der Waals surface area contributed by atoms with E-state index in [4.69, 9.17) is 28.3 Å². The third-order valence-corrected chi connectivity index (χ3v) is 6.23. The number of carboxylic acids is 1. The van der Waals surface area contributed by atoms with E-state index in [2.05, 4.69) is 11.9 Å². The minimum Gasteiger partial charge on any atom is -0.481 e. The van der Waals surface area contributed by atoms with Gasteiger partial charge in [0.15, 0.2) is 0 Å². The SMILES string of the molecule is CCCc1ccc(N(Cc2nc3c(Cl)c(Cl)ccc3s2)C(=O)CCC(=O)O)cc1. The Bertz CT molecular complexity index is 1030. The van der Waals surface area contributed by atoms with E-state index in [1.165, 1.54) is 16.9 Å². The van der Waals surface area contributed by atoms with Crippen LogP contribution in [-0.4, -0.2) is 22.0 Å². The Morgan fingerprint density at radius 2 is 1.83 bits per heavy atom. The van der Waals surface area contributed by atoms with Crippen molar-refractivity contribution in [1.82, 2.24) is 4.98 Å². The predicted octanol–water partition coefficient (Wildman–Crippen LogP) is 5.95. The fourth-order valence-electron chi connectivity index (χ4n) is 2.99. The zero-order valence-electron chi connectivity index (χ0n) is 15.8. The van der Waals surface area contributed by atoms with Crippen molar-refractivity contribution in [3.63, 3.8) is 0 Å². The van der Waals surface area contributed by atoms with Crippen molar-refractivity contribution in [2.45, 2.75) is 39.2 Å². The van der Waals surface area contributed by atoms with Gasteiger partial charge in [0.25, 0.3) is 0 Å². The quantitative estimate of drug-likeness (QED) is 0.459. The number of anilines is 1. The van der Waals surface area contributed by atoms with Crippen molar-refractivity contribution < 1.29 is 14.7 Å². The number of thiazole rings is 1. The molecule has 152 valence electrons. The van der Waals surface area contributed by atoms with Crippen LogP contribution in [0.5, 0.6) is 0 Å². The molecule has 1 amide bonds. The van der Waals surface area contributed by atoms with E-state index in [1.54, 1.807) is 11.0 Å². The molecule has 0 aliphatic heterocycles. The second-order valence-electron chi connectivity index (χ2n) is 6.61. The lowest BCUT2D eigenvalue weighted by atomic mass is 10.1. The van der Waals surface area contributed by atoms with Gasteiger partial charge in [-0.3, -0.25) is 9.59 Å². The molecule has 0 atom stereocenters. The number of carboxylic acid groups (broad SMARTS) is 1. The van der Waals surface area contributed by atoms with Gasteiger partial charge < -0.3 is 10.0 Å². The zero-order chi connectivity index (χ0) is 21.0. The molecule has 1 N–H and O–H groups in total. The molecule has 0 saturated carbocycles. The molecule has 0 aliphatic rings. The summed E-state index contributed by atoms with van der Waals surface area (Å²) in [6.07, 6.45) is 1.70. The molecule has 5 nitrogen and oxygen atoms in total. The number of carbonyl (C=O) groups excluding carboxylic acids is 1. The van der Waals surface area contributed by atoms with Crippen molar-refractivity contribution in [3.8, 4) is 0 Å². The highest BCUT2D eigenvalue weighted by Gasteiger charge is 2.20. The van der Waals surface area contributed by atoms with Gasteiger partial charge in [0, 0.05) is 12.1 Å². The minimum atomic E-state index is -1.00. The molecule has 2 aromatic carbocycles. The smallest absolute Gasteiger partial charge is 0.303 e. The standard InChI is InChI=1S/C21H20Cl2N2O3S/c1-2-3-13-4-6-14(7-5-13)25(18(26)10-11-19(27)28)12-17-24-21-16(29-17)9-8-15(22)20(21)23/h4-9H,2-3,10-12H2,1H3,(H,27,28). The average molecular weight is 451 g/mol. The monoisotopic (exact) mass is 450 g/mol. The van der Waals surface area contributed by atoms with Gasteiger partial charge in [-0.05, 0) is 36.2 Å². The zero-order valence-corrected chi connectivity index (χ0v) is 18.2. The van der Waals surface area contributed by atoms with Gasteiger partial charge in [0.2, 0.25) is 5.91 Å². The number of nitrogens with zero attached hydrogens (tertiary/aromatic N) is 2. The first-order chi connectivity index (χ1) is 13.9. The van der Waals surface area contributed by atoms with Crippen molar-refractivity contribution in [3.05, 3.63) is 57.0 Å². The van der Waals surface area contributed by atoms with Crippen molar-refractivity contribution in [2.75, 3.05) is 4.90 Å². The van der Waals surface area contributed by atoms with Crippen LogP contribution < -0.4 is 4.90 Å². The lowest BCUT2D eigenvalue weighted by molar-refractivity contribution is -0.138. The first-order valence-electron chi connectivity index (χ1n) is 9.23.